The van der Waals surface area contributed by atoms with Crippen LogP contribution in [0.4, 0.5) is 4.39 Å². The number of imide groups is 1. The quantitative estimate of drug-likeness (QED) is 0.809. The summed E-state index contributed by atoms with van der Waals surface area (Å²) < 4.78 is 18.3. The van der Waals surface area contributed by atoms with E-state index in [0.717, 1.165) is 10.5 Å². The lowest BCUT2D eigenvalue weighted by Gasteiger charge is -2.14. The highest BCUT2D eigenvalue weighted by Crippen LogP contribution is 2.29. The maximum absolute atomic E-state index is 13.0. The van der Waals surface area contributed by atoms with Crippen LogP contribution in [0, 0.1) is 5.82 Å². The van der Waals surface area contributed by atoms with Gasteiger partial charge in [0.1, 0.15) is 11.6 Å². The Hall–Kier alpha value is -3.15. The van der Waals surface area contributed by atoms with E-state index in [1.807, 2.05) is 6.92 Å². The van der Waals surface area contributed by atoms with Crippen molar-refractivity contribution in [2.45, 2.75) is 13.3 Å². The molecule has 6 heteroatoms. The van der Waals surface area contributed by atoms with Gasteiger partial charge in [-0.1, -0.05) is 24.3 Å². The topological polar surface area (TPSA) is 66.8 Å². The van der Waals surface area contributed by atoms with E-state index < -0.39 is 17.6 Å². The second-order valence-electron chi connectivity index (χ2n) is 5.82. The van der Waals surface area contributed by atoms with E-state index in [2.05, 4.69) is 0 Å². The number of aliphatic hydroxyl groups is 1. The molecule has 0 fully saturated rings. The van der Waals surface area contributed by atoms with Crippen molar-refractivity contribution in [1.29, 1.82) is 0 Å². The molecule has 1 N–H and O–H groups in total. The molecular weight excluding hydrogens is 337 g/mol. The van der Waals surface area contributed by atoms with E-state index in [-0.39, 0.29) is 17.9 Å². The number of halogens is 1. The molecule has 2 aromatic carbocycles. The Morgan fingerprint density at radius 1 is 1.00 bits per heavy atom. The van der Waals surface area contributed by atoms with Crippen LogP contribution in [0.3, 0.4) is 0 Å². The van der Waals surface area contributed by atoms with Crippen molar-refractivity contribution in [3.05, 3.63) is 71.2 Å². The minimum atomic E-state index is -0.721. The number of nitrogens with zero attached hydrogens (tertiary/aromatic N) is 1. The van der Waals surface area contributed by atoms with Crippen LogP contribution in [0.5, 0.6) is 5.75 Å². The van der Waals surface area contributed by atoms with E-state index in [1.54, 1.807) is 36.4 Å². The van der Waals surface area contributed by atoms with Crippen molar-refractivity contribution in [3.8, 4) is 5.75 Å². The number of carbonyl (C=O) groups excluding carboxylic acids is 2. The van der Waals surface area contributed by atoms with Gasteiger partial charge in [0, 0.05) is 6.54 Å². The van der Waals surface area contributed by atoms with E-state index in [4.69, 9.17) is 4.74 Å². The van der Waals surface area contributed by atoms with Crippen LogP contribution in [0.1, 0.15) is 18.1 Å². The number of ether oxygens (including phenoxy) is 1. The Morgan fingerprint density at radius 3 is 2.27 bits per heavy atom. The molecule has 0 aliphatic carbocycles. The number of hydrogen-bond donors (Lipinski definition) is 1. The van der Waals surface area contributed by atoms with Gasteiger partial charge in [-0.25, -0.2) is 4.39 Å². The number of amides is 2. The van der Waals surface area contributed by atoms with Gasteiger partial charge in [-0.2, -0.15) is 0 Å². The molecule has 0 atom stereocenters. The molecule has 1 aliphatic heterocycles. The zero-order valence-corrected chi connectivity index (χ0v) is 14.2. The summed E-state index contributed by atoms with van der Waals surface area (Å²) in [6, 6.07) is 12.5. The lowest BCUT2D eigenvalue weighted by molar-refractivity contribution is -0.138. The number of carbonyl (C=O) groups is 2. The summed E-state index contributed by atoms with van der Waals surface area (Å²) in [5.41, 5.74) is 1.23. The van der Waals surface area contributed by atoms with Crippen molar-refractivity contribution in [1.82, 2.24) is 4.90 Å². The van der Waals surface area contributed by atoms with Crippen LogP contribution in [0.25, 0.3) is 5.57 Å². The average Bonchev–Trinajstić information content (AvgIpc) is 2.85. The molecule has 26 heavy (non-hydrogen) atoms. The Kier molecular flexibility index (Phi) is 5.02. The SMILES string of the molecule is CCOc1ccc(C2=C(O)C(=O)N(CCc3ccc(F)cc3)C2=O)cc1. The first-order chi connectivity index (χ1) is 12.5. The summed E-state index contributed by atoms with van der Waals surface area (Å²) in [7, 11) is 0. The van der Waals surface area contributed by atoms with Gasteiger partial charge in [-0.05, 0) is 48.7 Å². The highest BCUT2D eigenvalue weighted by Gasteiger charge is 2.38. The van der Waals surface area contributed by atoms with Crippen molar-refractivity contribution in [2.24, 2.45) is 0 Å². The molecule has 3 rings (SSSR count). The van der Waals surface area contributed by atoms with Crippen LogP contribution >= 0.6 is 0 Å². The van der Waals surface area contributed by atoms with E-state index in [9.17, 15) is 19.1 Å². The van der Waals surface area contributed by atoms with Gasteiger partial charge in [0.05, 0.1) is 12.2 Å². The first-order valence-electron chi connectivity index (χ1n) is 8.28. The molecule has 0 saturated heterocycles. The summed E-state index contributed by atoms with van der Waals surface area (Å²) >= 11 is 0. The van der Waals surface area contributed by atoms with Gasteiger partial charge in [-0.15, -0.1) is 0 Å². The Labute approximate surface area is 150 Å². The van der Waals surface area contributed by atoms with E-state index in [1.165, 1.54) is 12.1 Å². The lowest BCUT2D eigenvalue weighted by Crippen LogP contribution is -2.33. The molecule has 0 radical (unpaired) electrons. The molecule has 0 bridgehead atoms. The maximum atomic E-state index is 13.0. The maximum Gasteiger partial charge on any atom is 0.296 e. The van der Waals surface area contributed by atoms with Crippen LogP contribution in [0.15, 0.2) is 54.3 Å². The summed E-state index contributed by atoms with van der Waals surface area (Å²) in [4.78, 5) is 25.9. The van der Waals surface area contributed by atoms with E-state index in [0.29, 0.717) is 24.3 Å². The lowest BCUT2D eigenvalue weighted by atomic mass is 10.1. The van der Waals surface area contributed by atoms with E-state index >= 15 is 0 Å². The number of hydrogen-bond acceptors (Lipinski definition) is 4. The predicted octanol–water partition coefficient (Wildman–Crippen LogP) is 3.11. The van der Waals surface area contributed by atoms with Gasteiger partial charge < -0.3 is 9.84 Å². The highest BCUT2D eigenvalue weighted by molar-refractivity contribution is 6.34. The summed E-state index contributed by atoms with van der Waals surface area (Å²) in [6.07, 6.45) is 0.377. The minimum absolute atomic E-state index is 0.0165. The molecule has 1 aliphatic rings. The molecule has 0 spiro atoms. The standard InChI is InChI=1S/C20H18FNO4/c1-2-26-16-9-5-14(6-10-16)17-18(23)20(25)22(19(17)24)12-11-13-3-7-15(21)8-4-13/h3-10,23H,2,11-12H2,1H3. The van der Waals surface area contributed by atoms with Gasteiger partial charge >= 0.3 is 0 Å². The largest absolute Gasteiger partial charge is 0.502 e. The Balaban J connectivity index is 1.75. The van der Waals surface area contributed by atoms with Crippen LogP contribution in [0.2, 0.25) is 0 Å². The molecule has 0 saturated carbocycles. The summed E-state index contributed by atoms with van der Waals surface area (Å²) in [5.74, 6) is -1.53. The van der Waals surface area contributed by atoms with Gasteiger partial charge in [-0.3, -0.25) is 14.5 Å². The van der Waals surface area contributed by atoms with Gasteiger partial charge in [0.25, 0.3) is 11.8 Å². The van der Waals surface area contributed by atoms with Crippen molar-refractivity contribution < 1.29 is 23.8 Å². The summed E-state index contributed by atoms with van der Waals surface area (Å²) in [5, 5.41) is 10.1. The molecule has 2 aromatic rings. The average molecular weight is 355 g/mol. The molecule has 0 aromatic heterocycles. The normalized spacial score (nSPS) is 14.3. The Morgan fingerprint density at radius 2 is 1.65 bits per heavy atom. The third-order valence-corrected chi connectivity index (χ3v) is 4.13. The molecule has 0 unspecified atom stereocenters. The fraction of sp³-hybridized carbons (Fsp3) is 0.200. The predicted molar refractivity (Wildman–Crippen MR) is 94.0 cm³/mol. The fourth-order valence-corrected chi connectivity index (χ4v) is 2.80. The second-order valence-corrected chi connectivity index (χ2v) is 5.82. The molecule has 134 valence electrons. The van der Waals surface area contributed by atoms with Crippen LogP contribution < -0.4 is 4.74 Å². The molecule has 2 amide bonds. The molecular formula is C20H18FNO4. The number of benzene rings is 2. The first kappa shape index (κ1) is 17.7. The fourth-order valence-electron chi connectivity index (χ4n) is 2.80. The van der Waals surface area contributed by atoms with Gasteiger partial charge in [0.2, 0.25) is 0 Å². The van der Waals surface area contributed by atoms with Crippen molar-refractivity contribution in [2.75, 3.05) is 13.2 Å². The highest BCUT2D eigenvalue weighted by atomic mass is 19.1. The van der Waals surface area contributed by atoms with Crippen LogP contribution in [-0.4, -0.2) is 35.0 Å². The zero-order chi connectivity index (χ0) is 18.7. The Bertz CT molecular complexity index is 856. The third-order valence-electron chi connectivity index (χ3n) is 4.13. The van der Waals surface area contributed by atoms with Crippen molar-refractivity contribution in [3.63, 3.8) is 0 Å². The second kappa shape index (κ2) is 7.39. The summed E-state index contributed by atoms with van der Waals surface area (Å²) in [6.45, 7) is 2.48. The monoisotopic (exact) mass is 355 g/mol. The smallest absolute Gasteiger partial charge is 0.296 e. The molecule has 1 heterocycles. The number of rotatable bonds is 6. The van der Waals surface area contributed by atoms with Crippen LogP contribution in [-0.2, 0) is 16.0 Å². The first-order valence-corrected chi connectivity index (χ1v) is 8.28. The third kappa shape index (κ3) is 3.44. The zero-order valence-electron chi connectivity index (χ0n) is 14.2. The van der Waals surface area contributed by atoms with Gasteiger partial charge in [0.15, 0.2) is 5.76 Å². The van der Waals surface area contributed by atoms with Crippen molar-refractivity contribution >= 4 is 17.4 Å². The minimum Gasteiger partial charge on any atom is -0.502 e. The molecule has 5 nitrogen and oxygen atoms in total. The number of aliphatic hydroxyl groups excluding tert-OH is 1.